The molecule has 0 aromatic heterocycles. The third-order valence-electron chi connectivity index (χ3n) is 4.37. The third-order valence-corrected chi connectivity index (χ3v) is 5.38. The van der Waals surface area contributed by atoms with Gasteiger partial charge in [0.1, 0.15) is 24.2 Å². The number of hydrogen-bond donors (Lipinski definition) is 7. The second-order valence-electron chi connectivity index (χ2n) is 6.59. The molecular weight excluding hydrogens is 420 g/mol. The molecule has 0 radical (unpaired) electrons. The Hall–Kier alpha value is -1.50. The number of carbonyl (C=O) groups is 4. The van der Waals surface area contributed by atoms with E-state index < -0.39 is 54.5 Å². The van der Waals surface area contributed by atoms with Crippen LogP contribution >= 0.6 is 24.4 Å². The van der Waals surface area contributed by atoms with Crippen LogP contribution in [0, 0.1) is 5.92 Å². The molecule has 5 unspecified atom stereocenters. The summed E-state index contributed by atoms with van der Waals surface area (Å²) < 4.78 is 0. The van der Waals surface area contributed by atoms with E-state index in [0.29, 0.717) is 12.2 Å². The largest absolute Gasteiger partial charge is 0.480 e. The number of carboxylic acid groups (broad SMARTS) is 1. The summed E-state index contributed by atoms with van der Waals surface area (Å²) in [5, 5.41) is 25.6. The molecule has 0 saturated carbocycles. The van der Waals surface area contributed by atoms with Crippen LogP contribution in [0.3, 0.4) is 0 Å². The molecule has 5 atom stereocenters. The zero-order chi connectivity index (χ0) is 22.6. The summed E-state index contributed by atoms with van der Waals surface area (Å²) in [4.78, 5) is 48.4. The quantitative estimate of drug-likeness (QED) is 0.157. The molecule has 0 rings (SSSR count). The highest BCUT2D eigenvalue weighted by Crippen LogP contribution is 2.09. The van der Waals surface area contributed by atoms with E-state index in [0.717, 1.165) is 0 Å². The summed E-state index contributed by atoms with van der Waals surface area (Å²) >= 11 is 5.52. The van der Waals surface area contributed by atoms with Crippen molar-refractivity contribution in [1.29, 1.82) is 0 Å². The van der Waals surface area contributed by atoms with Gasteiger partial charge in [0.05, 0.1) is 6.61 Å². The first-order valence-corrected chi connectivity index (χ1v) is 11.3. The highest BCUT2D eigenvalue weighted by Gasteiger charge is 2.31. The van der Waals surface area contributed by atoms with Crippen LogP contribution in [-0.2, 0) is 19.2 Å². The van der Waals surface area contributed by atoms with Crippen molar-refractivity contribution < 1.29 is 29.4 Å². The number of nitrogens with one attached hydrogen (secondary N) is 3. The first kappa shape index (κ1) is 27.5. The van der Waals surface area contributed by atoms with Gasteiger partial charge in [-0.05, 0) is 24.3 Å². The average Bonchev–Trinajstić information content (AvgIpc) is 2.70. The average molecular weight is 453 g/mol. The molecule has 7 N–H and O–H groups in total. The number of hydrogen-bond acceptors (Lipinski definition) is 8. The fourth-order valence-corrected chi connectivity index (χ4v) is 2.99. The lowest BCUT2D eigenvalue weighted by Gasteiger charge is -2.27. The van der Waals surface area contributed by atoms with Gasteiger partial charge in [-0.3, -0.25) is 14.4 Å². The number of aliphatic hydroxyl groups excluding tert-OH is 1. The van der Waals surface area contributed by atoms with Gasteiger partial charge in [0.2, 0.25) is 17.7 Å². The van der Waals surface area contributed by atoms with E-state index in [9.17, 15) is 24.3 Å². The smallest absolute Gasteiger partial charge is 0.326 e. The van der Waals surface area contributed by atoms with E-state index in [-0.39, 0.29) is 18.1 Å². The number of thioether (sulfide) groups is 1. The summed E-state index contributed by atoms with van der Waals surface area (Å²) in [6.07, 6.45) is 2.61. The zero-order valence-electron chi connectivity index (χ0n) is 16.9. The number of nitrogens with two attached hydrogens (primary N) is 1. The highest BCUT2D eigenvalue weighted by molar-refractivity contribution is 7.98. The molecule has 0 aromatic carbocycles. The van der Waals surface area contributed by atoms with Crippen LogP contribution in [0.4, 0.5) is 0 Å². The Kier molecular flexibility index (Phi) is 13.7. The normalized spacial score (nSPS) is 16.1. The Balaban J connectivity index is 5.19. The van der Waals surface area contributed by atoms with E-state index >= 15 is 0 Å². The minimum atomic E-state index is -1.17. The maximum Gasteiger partial charge on any atom is 0.326 e. The molecule has 3 amide bonds. The number of carbonyl (C=O) groups excluding carboxylic acids is 3. The van der Waals surface area contributed by atoms with Crippen LogP contribution in [0.2, 0.25) is 0 Å². The molecule has 0 spiro atoms. The van der Waals surface area contributed by atoms with Gasteiger partial charge in [-0.15, -0.1) is 0 Å². The van der Waals surface area contributed by atoms with Gasteiger partial charge in [0.15, 0.2) is 0 Å². The van der Waals surface area contributed by atoms with E-state index in [4.69, 9.17) is 10.8 Å². The standard InChI is InChI=1S/C17H32N4O6S2/c1-4-9(2)13(21-14(23)10(18)7-22)16(25)20-12(8-28)15(24)19-11(17(26)27)5-6-29-3/h9-13,22,28H,4-8,18H2,1-3H3,(H,19,24)(H,20,25)(H,21,23)(H,26,27). The maximum atomic E-state index is 12.7. The summed E-state index contributed by atoms with van der Waals surface area (Å²) in [5.74, 6) is -2.96. The number of thiol groups is 1. The Morgan fingerprint density at radius 1 is 1.07 bits per heavy atom. The molecule has 0 aromatic rings. The number of rotatable bonds is 14. The van der Waals surface area contributed by atoms with E-state index in [1.807, 2.05) is 13.2 Å². The monoisotopic (exact) mass is 452 g/mol. The van der Waals surface area contributed by atoms with Gasteiger partial charge >= 0.3 is 5.97 Å². The lowest BCUT2D eigenvalue weighted by atomic mass is 9.97. The van der Waals surface area contributed by atoms with Crippen molar-refractivity contribution in [2.75, 3.05) is 24.4 Å². The van der Waals surface area contributed by atoms with Gasteiger partial charge in [-0.25, -0.2) is 4.79 Å². The number of aliphatic hydroxyl groups is 1. The predicted molar refractivity (Wildman–Crippen MR) is 115 cm³/mol. The summed E-state index contributed by atoms with van der Waals surface area (Å²) in [5.41, 5.74) is 5.48. The summed E-state index contributed by atoms with van der Waals surface area (Å²) in [6.45, 7) is 3.00. The molecule has 0 aliphatic heterocycles. The molecular formula is C17H32N4O6S2. The van der Waals surface area contributed by atoms with Crippen molar-refractivity contribution >= 4 is 48.1 Å². The number of amides is 3. The SMILES string of the molecule is CCC(C)C(NC(=O)C(N)CO)C(=O)NC(CS)C(=O)NC(CCSC)C(=O)O. The van der Waals surface area contributed by atoms with E-state index in [1.165, 1.54) is 11.8 Å². The minimum Gasteiger partial charge on any atom is -0.480 e. The van der Waals surface area contributed by atoms with Crippen molar-refractivity contribution in [3.63, 3.8) is 0 Å². The molecule has 12 heteroatoms. The molecule has 0 aliphatic rings. The van der Waals surface area contributed by atoms with Crippen LogP contribution in [0.5, 0.6) is 0 Å². The van der Waals surface area contributed by atoms with Crippen LogP contribution in [0.15, 0.2) is 0 Å². The summed E-state index contributed by atoms with van der Waals surface area (Å²) in [6, 6.07) is -4.32. The molecule has 0 saturated heterocycles. The predicted octanol–water partition coefficient (Wildman–Crippen LogP) is -1.43. The van der Waals surface area contributed by atoms with Crippen molar-refractivity contribution in [2.45, 2.75) is 50.9 Å². The van der Waals surface area contributed by atoms with Crippen LogP contribution < -0.4 is 21.7 Å². The lowest BCUT2D eigenvalue weighted by Crippen LogP contribution is -2.59. The molecule has 168 valence electrons. The fourth-order valence-electron chi connectivity index (χ4n) is 2.27. The molecule has 0 bridgehead atoms. The van der Waals surface area contributed by atoms with E-state index in [1.54, 1.807) is 6.92 Å². The van der Waals surface area contributed by atoms with E-state index in [2.05, 4.69) is 28.6 Å². The molecule has 0 fully saturated rings. The maximum absolute atomic E-state index is 12.7. The fraction of sp³-hybridized carbons (Fsp3) is 0.765. The summed E-state index contributed by atoms with van der Waals surface area (Å²) in [7, 11) is 0. The van der Waals surface area contributed by atoms with Crippen molar-refractivity contribution in [1.82, 2.24) is 16.0 Å². The second kappa shape index (κ2) is 14.5. The van der Waals surface area contributed by atoms with Crippen molar-refractivity contribution in [3.05, 3.63) is 0 Å². The molecule has 10 nitrogen and oxygen atoms in total. The van der Waals surface area contributed by atoms with Gasteiger partial charge in [-0.2, -0.15) is 24.4 Å². The number of aliphatic carboxylic acids is 1. The van der Waals surface area contributed by atoms with Gasteiger partial charge < -0.3 is 31.9 Å². The highest BCUT2D eigenvalue weighted by atomic mass is 32.2. The Labute approximate surface area is 180 Å². The first-order chi connectivity index (χ1) is 13.6. The minimum absolute atomic E-state index is 0.0657. The lowest BCUT2D eigenvalue weighted by molar-refractivity contribution is -0.142. The zero-order valence-corrected chi connectivity index (χ0v) is 18.6. The second-order valence-corrected chi connectivity index (χ2v) is 7.94. The Bertz CT molecular complexity index is 566. The van der Waals surface area contributed by atoms with Crippen LogP contribution in [0.25, 0.3) is 0 Å². The van der Waals surface area contributed by atoms with Crippen LogP contribution in [0.1, 0.15) is 26.7 Å². The molecule has 29 heavy (non-hydrogen) atoms. The third kappa shape index (κ3) is 9.70. The van der Waals surface area contributed by atoms with Gasteiger partial charge in [0.25, 0.3) is 0 Å². The van der Waals surface area contributed by atoms with Crippen molar-refractivity contribution in [2.24, 2.45) is 11.7 Å². The molecule has 0 heterocycles. The number of carboxylic acids is 1. The van der Waals surface area contributed by atoms with Crippen LogP contribution in [-0.4, -0.2) is 82.4 Å². The van der Waals surface area contributed by atoms with Gasteiger partial charge in [0, 0.05) is 5.75 Å². The Morgan fingerprint density at radius 2 is 1.66 bits per heavy atom. The van der Waals surface area contributed by atoms with Crippen molar-refractivity contribution in [3.8, 4) is 0 Å². The Morgan fingerprint density at radius 3 is 2.10 bits per heavy atom. The first-order valence-electron chi connectivity index (χ1n) is 9.22. The molecule has 0 aliphatic carbocycles. The topological polar surface area (TPSA) is 171 Å². The van der Waals surface area contributed by atoms with Gasteiger partial charge in [-0.1, -0.05) is 20.3 Å².